The first kappa shape index (κ1) is 24.3. The predicted octanol–water partition coefficient (Wildman–Crippen LogP) is 4.68. The molecule has 0 spiro atoms. The summed E-state index contributed by atoms with van der Waals surface area (Å²) in [6, 6.07) is 6.77. The van der Waals surface area contributed by atoms with Crippen molar-refractivity contribution >= 4 is 40.0 Å². The van der Waals surface area contributed by atoms with Crippen molar-refractivity contribution < 1.29 is 22.7 Å². The Labute approximate surface area is 202 Å². The molecule has 0 saturated carbocycles. The van der Waals surface area contributed by atoms with Crippen LogP contribution in [0.4, 0.5) is 24.8 Å². The average molecular weight is 508 g/mol. The molecule has 0 atom stereocenters. The number of alkyl halides is 3. The summed E-state index contributed by atoms with van der Waals surface area (Å²) in [5.41, 5.74) is 0.365. The summed E-state index contributed by atoms with van der Waals surface area (Å²) in [4.78, 5) is 16.1. The van der Waals surface area contributed by atoms with Gasteiger partial charge in [-0.15, -0.1) is 5.10 Å². The Kier molecular flexibility index (Phi) is 6.57. The number of carbonyl (C=O) groups is 1. The van der Waals surface area contributed by atoms with Crippen molar-refractivity contribution in [2.45, 2.75) is 26.1 Å². The van der Waals surface area contributed by atoms with Crippen molar-refractivity contribution in [3.05, 3.63) is 47.1 Å². The molecule has 1 amide bonds. The number of amides is 1. The van der Waals surface area contributed by atoms with E-state index >= 15 is 0 Å². The van der Waals surface area contributed by atoms with E-state index in [1.54, 1.807) is 39.2 Å². The molecule has 2 aromatic heterocycles. The third kappa shape index (κ3) is 5.32. The Balaban J connectivity index is 1.60. The smallest absolute Gasteiger partial charge is 0.419 e. The van der Waals surface area contributed by atoms with Gasteiger partial charge in [0.25, 0.3) is 5.91 Å². The van der Waals surface area contributed by atoms with Gasteiger partial charge < -0.3 is 15.4 Å². The van der Waals surface area contributed by atoms with Crippen molar-refractivity contribution in [2.75, 3.05) is 11.9 Å². The minimum absolute atomic E-state index is 0.0603. The molecule has 0 aliphatic carbocycles. The SMILES string of the molecule is CC(C)NC(=O)COc1ccc(-c2nc(Nc3ccc4[nH]ncc4c3Cl)n(C)n2)cc1C(F)(F)F. The molecular weight excluding hydrogens is 487 g/mol. The topological polar surface area (TPSA) is 110 Å². The number of nitrogens with zero attached hydrogens (tertiary/aromatic N) is 4. The van der Waals surface area contributed by atoms with Crippen LogP contribution < -0.4 is 15.4 Å². The number of aromatic amines is 1. The van der Waals surface area contributed by atoms with Crippen molar-refractivity contribution in [1.29, 1.82) is 0 Å². The lowest BCUT2D eigenvalue weighted by atomic mass is 10.1. The molecule has 0 radical (unpaired) electrons. The Hall–Kier alpha value is -3.80. The van der Waals surface area contributed by atoms with Gasteiger partial charge in [0.1, 0.15) is 5.75 Å². The summed E-state index contributed by atoms with van der Waals surface area (Å²) in [6.07, 6.45) is -3.14. The van der Waals surface area contributed by atoms with Crippen molar-refractivity contribution in [2.24, 2.45) is 7.05 Å². The number of ether oxygens (including phenoxy) is 1. The molecule has 13 heteroatoms. The Morgan fingerprint density at radius 3 is 2.74 bits per heavy atom. The van der Waals surface area contributed by atoms with E-state index in [0.29, 0.717) is 16.1 Å². The Morgan fingerprint density at radius 1 is 1.26 bits per heavy atom. The number of hydrogen-bond donors (Lipinski definition) is 3. The zero-order chi connectivity index (χ0) is 25.3. The number of H-pyrrole nitrogens is 1. The largest absolute Gasteiger partial charge is 0.483 e. The van der Waals surface area contributed by atoms with Gasteiger partial charge in [-0.1, -0.05) is 11.6 Å². The van der Waals surface area contributed by atoms with Crippen LogP contribution in [0.15, 0.2) is 36.5 Å². The molecule has 0 aliphatic rings. The molecule has 3 N–H and O–H groups in total. The summed E-state index contributed by atoms with van der Waals surface area (Å²) in [5.74, 6) is -0.657. The van der Waals surface area contributed by atoms with E-state index in [-0.39, 0.29) is 23.4 Å². The second-order valence-corrected chi connectivity index (χ2v) is 8.36. The predicted molar refractivity (Wildman–Crippen MR) is 125 cm³/mol. The number of benzene rings is 2. The summed E-state index contributed by atoms with van der Waals surface area (Å²) in [7, 11) is 1.60. The number of anilines is 2. The molecule has 4 rings (SSSR count). The quantitative estimate of drug-likeness (QED) is 0.335. The molecule has 0 saturated heterocycles. The molecule has 9 nitrogen and oxygen atoms in total. The normalized spacial score (nSPS) is 11.8. The number of halogens is 4. The summed E-state index contributed by atoms with van der Waals surface area (Å²) < 4.78 is 47.7. The van der Waals surface area contributed by atoms with Gasteiger partial charge in [-0.25, -0.2) is 4.68 Å². The van der Waals surface area contributed by atoms with Crippen LogP contribution in [0.5, 0.6) is 5.75 Å². The molecule has 0 fully saturated rings. The summed E-state index contributed by atoms with van der Waals surface area (Å²) in [5, 5.41) is 17.7. The highest BCUT2D eigenvalue weighted by Gasteiger charge is 2.35. The molecule has 4 aromatic rings. The second kappa shape index (κ2) is 9.45. The molecule has 0 bridgehead atoms. The average Bonchev–Trinajstić information content (AvgIpc) is 3.40. The highest BCUT2D eigenvalue weighted by Crippen LogP contribution is 2.39. The van der Waals surface area contributed by atoms with Crippen LogP contribution in [-0.2, 0) is 18.0 Å². The molecule has 35 heavy (non-hydrogen) atoms. The van der Waals surface area contributed by atoms with Crippen LogP contribution in [0.1, 0.15) is 19.4 Å². The van der Waals surface area contributed by atoms with Gasteiger partial charge in [-0.3, -0.25) is 9.89 Å². The number of nitrogens with one attached hydrogen (secondary N) is 3. The number of carbonyl (C=O) groups excluding carboxylic acids is 1. The van der Waals surface area contributed by atoms with E-state index in [1.807, 2.05) is 0 Å². The van der Waals surface area contributed by atoms with E-state index in [9.17, 15) is 18.0 Å². The number of aryl methyl sites for hydroxylation is 1. The standard InChI is InChI=1S/C22H21ClF3N7O2/c1-11(2)28-18(34)10-35-17-7-4-12(8-14(17)22(24,25)26)20-30-21(33(3)32-20)29-16-6-5-15-13(19(16)23)9-27-31-15/h4-9,11H,10H2,1-3H3,(H,27,31)(H,28,34)(H,29,30,32). The highest BCUT2D eigenvalue weighted by molar-refractivity contribution is 6.38. The highest BCUT2D eigenvalue weighted by atomic mass is 35.5. The van der Waals surface area contributed by atoms with Gasteiger partial charge in [0.05, 0.1) is 28.0 Å². The van der Waals surface area contributed by atoms with Gasteiger partial charge in [0.15, 0.2) is 12.4 Å². The van der Waals surface area contributed by atoms with Crippen molar-refractivity contribution in [3.8, 4) is 17.1 Å². The fraction of sp³-hybridized carbons (Fsp3) is 0.273. The molecule has 0 aliphatic heterocycles. The lowest BCUT2D eigenvalue weighted by Crippen LogP contribution is -2.34. The van der Waals surface area contributed by atoms with Crippen LogP contribution in [0.2, 0.25) is 5.02 Å². The maximum absolute atomic E-state index is 13.7. The molecular formula is C22H21ClF3N7O2. The van der Waals surface area contributed by atoms with Gasteiger partial charge in [-0.05, 0) is 44.2 Å². The lowest BCUT2D eigenvalue weighted by Gasteiger charge is -2.15. The summed E-state index contributed by atoms with van der Waals surface area (Å²) in [6.45, 7) is 2.93. The zero-order valence-corrected chi connectivity index (χ0v) is 19.6. The third-order valence-corrected chi connectivity index (χ3v) is 5.33. The monoisotopic (exact) mass is 507 g/mol. The fourth-order valence-electron chi connectivity index (χ4n) is 3.34. The van der Waals surface area contributed by atoms with E-state index in [1.165, 1.54) is 10.7 Å². The molecule has 2 aromatic carbocycles. The van der Waals surface area contributed by atoms with Gasteiger partial charge in [0.2, 0.25) is 5.95 Å². The lowest BCUT2D eigenvalue weighted by molar-refractivity contribution is -0.139. The van der Waals surface area contributed by atoms with Crippen LogP contribution in [-0.4, -0.2) is 43.5 Å². The first-order chi connectivity index (χ1) is 16.5. The van der Waals surface area contributed by atoms with Crippen LogP contribution in [0, 0.1) is 0 Å². The minimum Gasteiger partial charge on any atom is -0.483 e. The first-order valence-electron chi connectivity index (χ1n) is 10.5. The van der Waals surface area contributed by atoms with Crippen molar-refractivity contribution in [3.63, 3.8) is 0 Å². The second-order valence-electron chi connectivity index (χ2n) is 7.99. The van der Waals surface area contributed by atoms with Crippen LogP contribution >= 0.6 is 11.6 Å². The van der Waals surface area contributed by atoms with E-state index in [0.717, 1.165) is 17.6 Å². The fourth-order valence-corrected chi connectivity index (χ4v) is 3.60. The number of rotatable bonds is 7. The first-order valence-corrected chi connectivity index (χ1v) is 10.8. The third-order valence-electron chi connectivity index (χ3n) is 4.92. The molecule has 184 valence electrons. The van der Waals surface area contributed by atoms with Crippen LogP contribution in [0.3, 0.4) is 0 Å². The Bertz CT molecular complexity index is 1380. The van der Waals surface area contributed by atoms with Crippen molar-refractivity contribution in [1.82, 2.24) is 30.3 Å². The van der Waals surface area contributed by atoms with Gasteiger partial charge in [0, 0.05) is 24.0 Å². The maximum atomic E-state index is 13.7. The van der Waals surface area contributed by atoms with Gasteiger partial charge >= 0.3 is 6.18 Å². The molecule has 0 unspecified atom stereocenters. The van der Waals surface area contributed by atoms with E-state index in [2.05, 4.69) is 30.9 Å². The maximum Gasteiger partial charge on any atom is 0.419 e. The number of hydrogen-bond acceptors (Lipinski definition) is 6. The zero-order valence-electron chi connectivity index (χ0n) is 18.9. The van der Waals surface area contributed by atoms with Crippen LogP contribution in [0.25, 0.3) is 22.3 Å². The number of aromatic nitrogens is 5. The summed E-state index contributed by atoms with van der Waals surface area (Å²) >= 11 is 6.43. The minimum atomic E-state index is -4.72. The molecule has 2 heterocycles. The van der Waals surface area contributed by atoms with E-state index in [4.69, 9.17) is 16.3 Å². The Morgan fingerprint density at radius 2 is 2.03 bits per heavy atom. The van der Waals surface area contributed by atoms with Gasteiger partial charge in [-0.2, -0.15) is 23.3 Å². The van der Waals surface area contributed by atoms with E-state index < -0.39 is 30.0 Å². The number of fused-ring (bicyclic) bond motifs is 1.